The van der Waals surface area contributed by atoms with Crippen molar-refractivity contribution in [3.8, 4) is 11.5 Å². The molecule has 84 valence electrons. The monoisotopic (exact) mass is 280 g/mol. The van der Waals surface area contributed by atoms with Crippen LogP contribution in [-0.4, -0.2) is 13.2 Å². The predicted molar refractivity (Wildman–Crippen MR) is 56.6 cm³/mol. The lowest BCUT2D eigenvalue weighted by Gasteiger charge is -2.11. The molecular formula is C10H11BrF2O2. The molecule has 0 atom stereocenters. The van der Waals surface area contributed by atoms with Crippen LogP contribution in [0.3, 0.4) is 0 Å². The third-order valence-corrected chi connectivity index (χ3v) is 2.08. The van der Waals surface area contributed by atoms with E-state index in [1.54, 1.807) is 12.1 Å². The topological polar surface area (TPSA) is 18.5 Å². The predicted octanol–water partition coefficient (Wildman–Crippen LogP) is 3.84. The summed E-state index contributed by atoms with van der Waals surface area (Å²) in [7, 11) is 0. The van der Waals surface area contributed by atoms with E-state index in [4.69, 9.17) is 4.74 Å². The number of rotatable bonds is 5. The first-order valence-corrected chi connectivity index (χ1v) is 5.30. The Morgan fingerprint density at radius 1 is 1.33 bits per heavy atom. The van der Waals surface area contributed by atoms with Crippen LogP contribution in [0.25, 0.3) is 0 Å². The zero-order valence-corrected chi connectivity index (χ0v) is 9.76. The number of benzene rings is 1. The van der Waals surface area contributed by atoms with E-state index in [2.05, 4.69) is 20.7 Å². The van der Waals surface area contributed by atoms with Crippen molar-refractivity contribution < 1.29 is 18.3 Å². The van der Waals surface area contributed by atoms with Crippen LogP contribution in [0.2, 0.25) is 0 Å². The highest BCUT2D eigenvalue weighted by Gasteiger charge is 2.10. The Bertz CT molecular complexity index is 318. The molecule has 5 heteroatoms. The molecule has 0 bridgehead atoms. The first-order valence-electron chi connectivity index (χ1n) is 4.50. The van der Waals surface area contributed by atoms with Gasteiger partial charge >= 0.3 is 6.61 Å². The van der Waals surface area contributed by atoms with Crippen LogP contribution in [0.1, 0.15) is 13.3 Å². The molecule has 0 aromatic heterocycles. The fourth-order valence-electron chi connectivity index (χ4n) is 1.00. The van der Waals surface area contributed by atoms with Crippen molar-refractivity contribution in [1.29, 1.82) is 0 Å². The Balaban J connectivity index is 2.82. The van der Waals surface area contributed by atoms with Crippen molar-refractivity contribution in [3.63, 3.8) is 0 Å². The summed E-state index contributed by atoms with van der Waals surface area (Å²) in [5, 5.41) is 0. The molecule has 0 saturated carbocycles. The fraction of sp³-hybridized carbons (Fsp3) is 0.400. The molecule has 0 unspecified atom stereocenters. The van der Waals surface area contributed by atoms with Crippen LogP contribution >= 0.6 is 15.9 Å². The van der Waals surface area contributed by atoms with E-state index in [-0.39, 0.29) is 5.75 Å². The minimum atomic E-state index is -2.84. The van der Waals surface area contributed by atoms with Gasteiger partial charge in [-0.2, -0.15) is 8.78 Å². The SMILES string of the molecule is CCCOc1cc(Br)ccc1OC(F)F. The van der Waals surface area contributed by atoms with Gasteiger partial charge in [-0.25, -0.2) is 0 Å². The maximum Gasteiger partial charge on any atom is 0.387 e. The summed E-state index contributed by atoms with van der Waals surface area (Å²) >= 11 is 3.23. The third kappa shape index (κ3) is 4.03. The maximum atomic E-state index is 12.0. The molecule has 0 heterocycles. The third-order valence-electron chi connectivity index (χ3n) is 1.58. The van der Waals surface area contributed by atoms with Crippen molar-refractivity contribution in [2.75, 3.05) is 6.61 Å². The smallest absolute Gasteiger partial charge is 0.387 e. The summed E-state index contributed by atoms with van der Waals surface area (Å²) < 4.78 is 34.4. The minimum absolute atomic E-state index is 0.0571. The Morgan fingerprint density at radius 3 is 2.67 bits per heavy atom. The molecule has 2 nitrogen and oxygen atoms in total. The van der Waals surface area contributed by atoms with E-state index < -0.39 is 6.61 Å². The van der Waals surface area contributed by atoms with Gasteiger partial charge in [-0.05, 0) is 24.6 Å². The molecule has 0 aliphatic rings. The second-order valence-electron chi connectivity index (χ2n) is 2.82. The van der Waals surface area contributed by atoms with Gasteiger partial charge in [-0.3, -0.25) is 0 Å². The molecule has 15 heavy (non-hydrogen) atoms. The zero-order valence-electron chi connectivity index (χ0n) is 8.17. The van der Waals surface area contributed by atoms with Gasteiger partial charge in [-0.1, -0.05) is 22.9 Å². The summed E-state index contributed by atoms with van der Waals surface area (Å²) in [5.41, 5.74) is 0. The lowest BCUT2D eigenvalue weighted by Crippen LogP contribution is -2.05. The highest BCUT2D eigenvalue weighted by atomic mass is 79.9. The number of hydrogen-bond donors (Lipinski definition) is 0. The zero-order chi connectivity index (χ0) is 11.3. The van der Waals surface area contributed by atoms with Gasteiger partial charge in [0.1, 0.15) is 0 Å². The van der Waals surface area contributed by atoms with Crippen molar-refractivity contribution in [2.24, 2.45) is 0 Å². The van der Waals surface area contributed by atoms with E-state index in [0.29, 0.717) is 12.4 Å². The molecule has 0 aliphatic heterocycles. The number of ether oxygens (including phenoxy) is 2. The van der Waals surface area contributed by atoms with Crippen molar-refractivity contribution >= 4 is 15.9 Å². The molecule has 0 fully saturated rings. The number of halogens is 3. The highest BCUT2D eigenvalue weighted by molar-refractivity contribution is 9.10. The molecule has 1 aromatic carbocycles. The second kappa shape index (κ2) is 5.90. The van der Waals surface area contributed by atoms with Crippen molar-refractivity contribution in [3.05, 3.63) is 22.7 Å². The van der Waals surface area contributed by atoms with E-state index in [1.165, 1.54) is 6.07 Å². The molecule has 1 aromatic rings. The Labute approximate surface area is 95.3 Å². The molecule has 0 saturated heterocycles. The Morgan fingerprint density at radius 2 is 2.07 bits per heavy atom. The van der Waals surface area contributed by atoms with Crippen molar-refractivity contribution in [1.82, 2.24) is 0 Å². The van der Waals surface area contributed by atoms with Gasteiger partial charge in [0.05, 0.1) is 6.61 Å². The van der Waals surface area contributed by atoms with Gasteiger partial charge in [0, 0.05) is 4.47 Å². The second-order valence-corrected chi connectivity index (χ2v) is 3.73. The molecule has 0 spiro atoms. The Hall–Kier alpha value is -0.840. The Kier molecular flexibility index (Phi) is 4.81. The van der Waals surface area contributed by atoms with Crippen LogP contribution in [0.5, 0.6) is 11.5 Å². The van der Waals surface area contributed by atoms with E-state index in [1.807, 2.05) is 6.92 Å². The average molecular weight is 281 g/mol. The van der Waals surface area contributed by atoms with E-state index >= 15 is 0 Å². The first kappa shape index (κ1) is 12.2. The normalized spacial score (nSPS) is 10.5. The highest BCUT2D eigenvalue weighted by Crippen LogP contribution is 2.31. The molecular weight excluding hydrogens is 270 g/mol. The average Bonchev–Trinajstić information content (AvgIpc) is 2.18. The minimum Gasteiger partial charge on any atom is -0.490 e. The van der Waals surface area contributed by atoms with Crippen molar-refractivity contribution in [2.45, 2.75) is 20.0 Å². The van der Waals surface area contributed by atoms with Crippen LogP contribution in [0.15, 0.2) is 22.7 Å². The molecule has 0 N–H and O–H groups in total. The van der Waals surface area contributed by atoms with Crippen LogP contribution < -0.4 is 9.47 Å². The molecule has 0 amide bonds. The lowest BCUT2D eigenvalue weighted by atomic mass is 10.3. The molecule has 1 rings (SSSR count). The molecule has 0 aliphatic carbocycles. The summed E-state index contributed by atoms with van der Waals surface area (Å²) in [5.74, 6) is 0.383. The lowest BCUT2D eigenvalue weighted by molar-refractivity contribution is -0.0515. The number of alkyl halides is 2. The van der Waals surface area contributed by atoms with Crippen LogP contribution in [0.4, 0.5) is 8.78 Å². The number of hydrogen-bond acceptors (Lipinski definition) is 2. The van der Waals surface area contributed by atoms with Gasteiger partial charge in [-0.15, -0.1) is 0 Å². The summed E-state index contributed by atoms with van der Waals surface area (Å²) in [6.45, 7) is -0.433. The van der Waals surface area contributed by atoms with Gasteiger partial charge in [0.2, 0.25) is 0 Å². The van der Waals surface area contributed by atoms with Gasteiger partial charge < -0.3 is 9.47 Å². The summed E-state index contributed by atoms with van der Waals surface area (Å²) in [6, 6.07) is 4.67. The summed E-state index contributed by atoms with van der Waals surface area (Å²) in [6.07, 6.45) is 0.806. The first-order chi connectivity index (χ1) is 7.13. The standard InChI is InChI=1S/C10H11BrF2O2/c1-2-5-14-9-6-7(11)3-4-8(9)15-10(12)13/h3-4,6,10H,2,5H2,1H3. The fourth-order valence-corrected chi connectivity index (χ4v) is 1.34. The largest absolute Gasteiger partial charge is 0.490 e. The van der Waals surface area contributed by atoms with Crippen LogP contribution in [0, 0.1) is 0 Å². The van der Waals surface area contributed by atoms with Gasteiger partial charge in [0.25, 0.3) is 0 Å². The van der Waals surface area contributed by atoms with Crippen LogP contribution in [-0.2, 0) is 0 Å². The summed E-state index contributed by atoms with van der Waals surface area (Å²) in [4.78, 5) is 0. The van der Waals surface area contributed by atoms with E-state index in [9.17, 15) is 8.78 Å². The maximum absolute atomic E-state index is 12.0. The van der Waals surface area contributed by atoms with Gasteiger partial charge in [0.15, 0.2) is 11.5 Å². The van der Waals surface area contributed by atoms with E-state index in [0.717, 1.165) is 10.9 Å². The quantitative estimate of drug-likeness (QED) is 0.816. The molecule has 0 radical (unpaired) electrons.